The summed E-state index contributed by atoms with van der Waals surface area (Å²) in [6.07, 6.45) is 4.25. The number of nitrogens with one attached hydrogen (secondary N) is 1. The Morgan fingerprint density at radius 2 is 1.86 bits per heavy atom. The molecule has 0 unspecified atom stereocenters. The van der Waals surface area contributed by atoms with Gasteiger partial charge in [0.25, 0.3) is 0 Å². The van der Waals surface area contributed by atoms with Gasteiger partial charge in [-0.05, 0) is 55.7 Å². The number of carbonyl (C=O) groups is 1. The molecule has 0 heterocycles. The number of methoxy groups -OCH3 is 1. The van der Waals surface area contributed by atoms with Crippen LogP contribution in [-0.4, -0.2) is 33.7 Å². The highest BCUT2D eigenvalue weighted by Crippen LogP contribution is 2.34. The fraction of sp³-hybridized carbons (Fsp3) is 0.381. The van der Waals surface area contributed by atoms with Crippen molar-refractivity contribution in [3.63, 3.8) is 0 Å². The lowest BCUT2D eigenvalue weighted by Gasteiger charge is -2.29. The third-order valence-electron chi connectivity index (χ3n) is 4.51. The Balaban J connectivity index is 2.27. The Morgan fingerprint density at radius 3 is 2.41 bits per heavy atom. The van der Waals surface area contributed by atoms with Gasteiger partial charge in [-0.3, -0.25) is 9.10 Å². The van der Waals surface area contributed by atoms with E-state index in [-0.39, 0.29) is 5.69 Å². The summed E-state index contributed by atoms with van der Waals surface area (Å²) in [7, 11) is -2.36. The molecule has 158 valence electrons. The minimum Gasteiger partial charge on any atom is -0.495 e. The van der Waals surface area contributed by atoms with Crippen molar-refractivity contribution >= 4 is 38.9 Å². The normalized spacial score (nSPS) is 12.3. The Hall–Kier alpha value is -2.25. The summed E-state index contributed by atoms with van der Waals surface area (Å²) in [4.78, 5) is 12.8. The fourth-order valence-corrected chi connectivity index (χ4v) is 4.34. The molecule has 6 nitrogen and oxygen atoms in total. The first-order chi connectivity index (χ1) is 13.7. The molecule has 29 heavy (non-hydrogen) atoms. The van der Waals surface area contributed by atoms with E-state index in [2.05, 4.69) is 12.2 Å². The van der Waals surface area contributed by atoms with E-state index in [0.717, 1.165) is 29.8 Å². The van der Waals surface area contributed by atoms with Gasteiger partial charge in [0.2, 0.25) is 15.9 Å². The van der Waals surface area contributed by atoms with Gasteiger partial charge in [-0.15, -0.1) is 0 Å². The maximum Gasteiger partial charge on any atom is 0.247 e. The molecule has 0 aliphatic carbocycles. The number of ether oxygens (including phenoxy) is 1. The van der Waals surface area contributed by atoms with Crippen molar-refractivity contribution in [2.24, 2.45) is 0 Å². The monoisotopic (exact) mass is 438 g/mol. The van der Waals surface area contributed by atoms with E-state index < -0.39 is 22.0 Å². The molecule has 0 aliphatic heterocycles. The van der Waals surface area contributed by atoms with Crippen molar-refractivity contribution in [1.29, 1.82) is 0 Å². The van der Waals surface area contributed by atoms with Gasteiger partial charge in [0.15, 0.2) is 0 Å². The second-order valence-corrected chi connectivity index (χ2v) is 9.14. The lowest BCUT2D eigenvalue weighted by Crippen LogP contribution is -2.45. The number of halogens is 1. The predicted molar refractivity (Wildman–Crippen MR) is 118 cm³/mol. The predicted octanol–water partition coefficient (Wildman–Crippen LogP) is 4.48. The van der Waals surface area contributed by atoms with E-state index in [4.69, 9.17) is 16.3 Å². The average molecular weight is 439 g/mol. The van der Waals surface area contributed by atoms with Crippen LogP contribution in [0.15, 0.2) is 42.5 Å². The smallest absolute Gasteiger partial charge is 0.247 e. The molecular formula is C21H27ClN2O4S. The minimum atomic E-state index is -3.79. The van der Waals surface area contributed by atoms with Crippen LogP contribution in [0.3, 0.4) is 0 Å². The van der Waals surface area contributed by atoms with Crippen LogP contribution in [-0.2, 0) is 21.2 Å². The molecule has 2 aromatic rings. The van der Waals surface area contributed by atoms with Gasteiger partial charge in [0, 0.05) is 10.7 Å². The van der Waals surface area contributed by atoms with E-state index in [1.807, 2.05) is 24.3 Å². The van der Waals surface area contributed by atoms with Crippen molar-refractivity contribution < 1.29 is 17.9 Å². The number of benzene rings is 2. The first-order valence-electron chi connectivity index (χ1n) is 9.40. The van der Waals surface area contributed by atoms with Crippen LogP contribution in [0.1, 0.15) is 32.3 Å². The molecule has 1 amide bonds. The Kier molecular flexibility index (Phi) is 7.93. The van der Waals surface area contributed by atoms with Gasteiger partial charge in [-0.25, -0.2) is 8.42 Å². The molecule has 8 heteroatoms. The van der Waals surface area contributed by atoms with Crippen molar-refractivity contribution in [3.05, 3.63) is 53.1 Å². The molecule has 0 aromatic heterocycles. The highest BCUT2D eigenvalue weighted by Gasteiger charge is 2.31. The van der Waals surface area contributed by atoms with E-state index >= 15 is 0 Å². The third kappa shape index (κ3) is 6.11. The molecule has 0 bridgehead atoms. The number of hydrogen-bond donors (Lipinski definition) is 1. The molecule has 0 radical (unpaired) electrons. The number of hydrogen-bond acceptors (Lipinski definition) is 4. The second kappa shape index (κ2) is 9.98. The number of amides is 1. The van der Waals surface area contributed by atoms with E-state index in [9.17, 15) is 13.2 Å². The number of sulfonamides is 1. The summed E-state index contributed by atoms with van der Waals surface area (Å²) in [5.74, 6) is -0.154. The summed E-state index contributed by atoms with van der Waals surface area (Å²) in [6, 6.07) is 11.2. The number of carbonyl (C=O) groups excluding carboxylic acids is 1. The van der Waals surface area contributed by atoms with Gasteiger partial charge >= 0.3 is 0 Å². The van der Waals surface area contributed by atoms with Gasteiger partial charge in [0.1, 0.15) is 11.8 Å². The standard InChI is InChI=1S/C21H27ClN2O4S/c1-5-6-7-16-8-11-18(12-9-16)23-21(25)15(2)24(29(4,26)27)19-14-17(22)10-13-20(19)28-3/h8-15H,5-7H2,1-4H3,(H,23,25)/t15-/m1/s1. The van der Waals surface area contributed by atoms with Crippen molar-refractivity contribution in [1.82, 2.24) is 0 Å². The maximum absolute atomic E-state index is 12.8. The molecule has 0 spiro atoms. The number of unbranched alkanes of at least 4 members (excludes halogenated alkanes) is 1. The molecule has 0 saturated carbocycles. The summed E-state index contributed by atoms with van der Waals surface area (Å²) < 4.78 is 31.3. The number of anilines is 2. The highest BCUT2D eigenvalue weighted by atomic mass is 35.5. The van der Waals surface area contributed by atoms with Crippen molar-refractivity contribution in [2.45, 2.75) is 39.2 Å². The number of aryl methyl sites for hydroxylation is 1. The Bertz CT molecular complexity index is 946. The van der Waals surface area contributed by atoms with E-state index in [1.54, 1.807) is 12.1 Å². The van der Waals surface area contributed by atoms with E-state index in [1.165, 1.54) is 25.7 Å². The summed E-state index contributed by atoms with van der Waals surface area (Å²) in [5, 5.41) is 3.12. The molecule has 0 fully saturated rings. The van der Waals surface area contributed by atoms with Crippen molar-refractivity contribution in [2.75, 3.05) is 23.0 Å². The van der Waals surface area contributed by atoms with Crippen LogP contribution >= 0.6 is 11.6 Å². The zero-order valence-corrected chi connectivity index (χ0v) is 18.7. The van der Waals surface area contributed by atoms with Gasteiger partial charge in [-0.1, -0.05) is 37.1 Å². The lowest BCUT2D eigenvalue weighted by atomic mass is 10.1. The quantitative estimate of drug-likeness (QED) is 0.626. The molecule has 1 N–H and O–H groups in total. The summed E-state index contributed by atoms with van der Waals surface area (Å²) >= 11 is 6.06. The fourth-order valence-electron chi connectivity index (χ4n) is 3.00. The zero-order chi connectivity index (χ0) is 21.6. The first kappa shape index (κ1) is 23.0. The molecule has 2 aromatic carbocycles. The summed E-state index contributed by atoms with van der Waals surface area (Å²) in [5.41, 5.74) is 2.01. The van der Waals surface area contributed by atoms with Crippen LogP contribution in [0.2, 0.25) is 5.02 Å². The largest absolute Gasteiger partial charge is 0.495 e. The Labute approximate surface area is 177 Å². The second-order valence-electron chi connectivity index (χ2n) is 6.84. The topological polar surface area (TPSA) is 75.7 Å². The lowest BCUT2D eigenvalue weighted by molar-refractivity contribution is -0.116. The molecule has 1 atom stereocenters. The number of rotatable bonds is 9. The highest BCUT2D eigenvalue weighted by molar-refractivity contribution is 7.92. The number of nitrogens with zero attached hydrogens (tertiary/aromatic N) is 1. The molecular weight excluding hydrogens is 412 g/mol. The van der Waals surface area contributed by atoms with Crippen LogP contribution in [0.4, 0.5) is 11.4 Å². The molecule has 0 saturated heterocycles. The van der Waals surface area contributed by atoms with Crippen LogP contribution < -0.4 is 14.4 Å². The zero-order valence-electron chi connectivity index (χ0n) is 17.1. The van der Waals surface area contributed by atoms with Gasteiger partial charge < -0.3 is 10.1 Å². The van der Waals surface area contributed by atoms with Crippen molar-refractivity contribution in [3.8, 4) is 5.75 Å². The third-order valence-corrected chi connectivity index (χ3v) is 5.97. The molecule has 2 rings (SSSR count). The first-order valence-corrected chi connectivity index (χ1v) is 11.6. The maximum atomic E-state index is 12.8. The minimum absolute atomic E-state index is 0.208. The van der Waals surface area contributed by atoms with E-state index in [0.29, 0.717) is 16.5 Å². The van der Waals surface area contributed by atoms with Gasteiger partial charge in [0.05, 0.1) is 19.1 Å². The summed E-state index contributed by atoms with van der Waals surface area (Å²) in [6.45, 7) is 3.66. The SMILES string of the molecule is CCCCc1ccc(NC(=O)[C@@H](C)N(c2cc(Cl)ccc2OC)S(C)(=O)=O)cc1. The van der Waals surface area contributed by atoms with Crippen LogP contribution in [0.5, 0.6) is 5.75 Å². The van der Waals surface area contributed by atoms with Gasteiger partial charge in [-0.2, -0.15) is 0 Å². The van der Waals surface area contributed by atoms with Crippen LogP contribution in [0.25, 0.3) is 0 Å². The molecule has 0 aliphatic rings. The Morgan fingerprint density at radius 1 is 1.21 bits per heavy atom. The van der Waals surface area contributed by atoms with Crippen LogP contribution in [0, 0.1) is 0 Å². The average Bonchev–Trinajstić information content (AvgIpc) is 2.66.